The zero-order valence-electron chi connectivity index (χ0n) is 21.0. The average Bonchev–Trinajstić information content (AvgIpc) is 2.84. The van der Waals surface area contributed by atoms with Gasteiger partial charge in [0.05, 0.1) is 5.56 Å². The molecule has 0 radical (unpaired) electrons. The molecule has 1 unspecified atom stereocenters. The number of benzene rings is 3. The molecule has 3 rings (SSSR count). The number of alkyl halides is 3. The molecule has 6 nitrogen and oxygen atoms in total. The Kier molecular flexibility index (Phi) is 8.53. The third kappa shape index (κ3) is 7.03. The average molecular weight is 535 g/mol. The van der Waals surface area contributed by atoms with E-state index in [9.17, 15) is 26.4 Å². The molecule has 1 N–H and O–H groups in total. The van der Waals surface area contributed by atoms with E-state index in [4.69, 9.17) is 4.18 Å². The monoisotopic (exact) mass is 534 g/mol. The molecule has 3 aromatic carbocycles. The SMILES string of the molecule is CCC(C)N(Cc1cccc(OS(=O)(=O)c2cccc(C(F)(F)F)c2)c1)C(=O)Nc1cccc(C)c1C. The number of hydrogen-bond donors (Lipinski definition) is 1. The largest absolute Gasteiger partial charge is 0.416 e. The molecule has 37 heavy (non-hydrogen) atoms. The van der Waals surface area contributed by atoms with Crippen LogP contribution in [0.3, 0.4) is 0 Å². The van der Waals surface area contributed by atoms with Gasteiger partial charge in [0, 0.05) is 18.3 Å². The molecule has 0 saturated carbocycles. The molecular weight excluding hydrogens is 505 g/mol. The first-order valence-electron chi connectivity index (χ1n) is 11.7. The van der Waals surface area contributed by atoms with Crippen LogP contribution in [0.25, 0.3) is 0 Å². The summed E-state index contributed by atoms with van der Waals surface area (Å²) in [6.07, 6.45) is -4.01. The van der Waals surface area contributed by atoms with Gasteiger partial charge in [-0.2, -0.15) is 21.6 Å². The second-order valence-corrected chi connectivity index (χ2v) is 10.3. The number of anilines is 1. The summed E-state index contributed by atoms with van der Waals surface area (Å²) in [5.41, 5.74) is 2.19. The summed E-state index contributed by atoms with van der Waals surface area (Å²) in [5, 5.41) is 2.95. The van der Waals surface area contributed by atoms with E-state index in [0.29, 0.717) is 23.7 Å². The summed E-state index contributed by atoms with van der Waals surface area (Å²) in [6.45, 7) is 7.89. The molecule has 0 fully saturated rings. The molecule has 10 heteroatoms. The summed E-state index contributed by atoms with van der Waals surface area (Å²) in [4.78, 5) is 14.2. The van der Waals surface area contributed by atoms with E-state index in [2.05, 4.69) is 5.32 Å². The zero-order chi connectivity index (χ0) is 27.4. The molecule has 3 aromatic rings. The van der Waals surface area contributed by atoms with E-state index >= 15 is 0 Å². The minimum Gasteiger partial charge on any atom is -0.379 e. The lowest BCUT2D eigenvalue weighted by molar-refractivity contribution is -0.137. The summed E-state index contributed by atoms with van der Waals surface area (Å²) in [7, 11) is -4.52. The van der Waals surface area contributed by atoms with Gasteiger partial charge in [-0.25, -0.2) is 4.79 Å². The first kappa shape index (κ1) is 28.0. The Hall–Kier alpha value is -3.53. The van der Waals surface area contributed by atoms with Crippen molar-refractivity contribution in [1.82, 2.24) is 4.90 Å². The van der Waals surface area contributed by atoms with E-state index in [1.54, 1.807) is 17.0 Å². The lowest BCUT2D eigenvalue weighted by Gasteiger charge is -2.29. The van der Waals surface area contributed by atoms with Crippen LogP contribution in [-0.2, 0) is 22.8 Å². The van der Waals surface area contributed by atoms with Crippen molar-refractivity contribution in [2.24, 2.45) is 0 Å². The van der Waals surface area contributed by atoms with Gasteiger partial charge in [0.1, 0.15) is 10.6 Å². The highest BCUT2D eigenvalue weighted by molar-refractivity contribution is 7.87. The van der Waals surface area contributed by atoms with Crippen LogP contribution in [0, 0.1) is 13.8 Å². The molecular formula is C27H29F3N2O4S. The highest BCUT2D eigenvalue weighted by Gasteiger charge is 2.32. The molecule has 2 amide bonds. The molecule has 0 aliphatic heterocycles. The predicted octanol–water partition coefficient (Wildman–Crippen LogP) is 6.92. The molecule has 0 heterocycles. The van der Waals surface area contributed by atoms with Gasteiger partial charge in [-0.15, -0.1) is 0 Å². The normalized spacial score (nSPS) is 12.6. The van der Waals surface area contributed by atoms with Crippen LogP contribution in [-0.4, -0.2) is 25.4 Å². The van der Waals surface area contributed by atoms with Crippen molar-refractivity contribution in [2.75, 3.05) is 5.32 Å². The fourth-order valence-corrected chi connectivity index (χ4v) is 4.59. The number of urea groups is 1. The van der Waals surface area contributed by atoms with Crippen LogP contribution in [0.1, 0.15) is 42.5 Å². The van der Waals surface area contributed by atoms with E-state index in [0.717, 1.165) is 29.3 Å². The minimum atomic E-state index is -4.69. The first-order chi connectivity index (χ1) is 17.3. The van der Waals surface area contributed by atoms with Crippen molar-refractivity contribution in [2.45, 2.75) is 57.8 Å². The number of aryl methyl sites for hydroxylation is 1. The third-order valence-corrected chi connectivity index (χ3v) is 7.38. The maximum Gasteiger partial charge on any atom is 0.416 e. The van der Waals surface area contributed by atoms with Gasteiger partial charge in [0.25, 0.3) is 0 Å². The fourth-order valence-electron chi connectivity index (χ4n) is 3.62. The number of amides is 2. The smallest absolute Gasteiger partial charge is 0.379 e. The van der Waals surface area contributed by atoms with E-state index in [-0.39, 0.29) is 24.4 Å². The van der Waals surface area contributed by atoms with Gasteiger partial charge in [-0.1, -0.05) is 37.3 Å². The summed E-state index contributed by atoms with van der Waals surface area (Å²) in [5.74, 6) is -0.0750. The number of carbonyl (C=O) groups is 1. The Labute approximate surface area is 215 Å². The quantitative estimate of drug-likeness (QED) is 0.318. The standard InChI is InChI=1S/C27H29F3N2O4S/c1-5-19(3)32(26(33)31-25-14-6-9-18(2)20(25)4)17-21-10-7-12-23(15-21)36-37(34,35)24-13-8-11-22(16-24)27(28,29)30/h6-16,19H,5,17H2,1-4H3,(H,31,33). The maximum absolute atomic E-state index is 13.2. The van der Waals surface area contributed by atoms with Crippen LogP contribution >= 0.6 is 0 Å². The molecule has 0 aliphatic rings. The van der Waals surface area contributed by atoms with E-state index in [1.807, 2.05) is 45.9 Å². The summed E-state index contributed by atoms with van der Waals surface area (Å²) in [6, 6.07) is 14.7. The Morgan fingerprint density at radius 1 is 1.03 bits per heavy atom. The molecule has 0 aliphatic carbocycles. The highest BCUT2D eigenvalue weighted by Crippen LogP contribution is 2.31. The molecule has 1 atom stereocenters. The molecule has 0 saturated heterocycles. The summed E-state index contributed by atoms with van der Waals surface area (Å²) < 4.78 is 69.6. The number of carbonyl (C=O) groups excluding carboxylic acids is 1. The van der Waals surface area contributed by atoms with E-state index in [1.165, 1.54) is 12.1 Å². The van der Waals surface area contributed by atoms with Crippen LogP contribution in [0.5, 0.6) is 5.75 Å². The van der Waals surface area contributed by atoms with Crippen molar-refractivity contribution >= 4 is 21.8 Å². The number of nitrogens with one attached hydrogen (secondary N) is 1. The second-order valence-electron chi connectivity index (χ2n) is 8.77. The molecule has 198 valence electrons. The van der Waals surface area contributed by atoms with Gasteiger partial charge in [-0.3, -0.25) is 0 Å². The van der Waals surface area contributed by atoms with Crippen LogP contribution in [0.15, 0.2) is 71.6 Å². The number of halogens is 3. The van der Waals surface area contributed by atoms with Gasteiger partial charge in [0.2, 0.25) is 0 Å². The van der Waals surface area contributed by atoms with Gasteiger partial charge < -0.3 is 14.4 Å². The van der Waals surface area contributed by atoms with Crippen molar-refractivity contribution in [1.29, 1.82) is 0 Å². The Bertz CT molecular complexity index is 1370. The first-order valence-corrected chi connectivity index (χ1v) is 13.1. The Morgan fingerprint density at radius 3 is 2.38 bits per heavy atom. The molecule has 0 spiro atoms. The van der Waals surface area contributed by atoms with Crippen molar-refractivity contribution in [3.63, 3.8) is 0 Å². The highest BCUT2D eigenvalue weighted by atomic mass is 32.2. The van der Waals surface area contributed by atoms with Gasteiger partial charge >= 0.3 is 22.3 Å². The maximum atomic E-state index is 13.2. The van der Waals surface area contributed by atoms with Crippen molar-refractivity contribution in [3.05, 3.63) is 89.0 Å². The van der Waals surface area contributed by atoms with E-state index < -0.39 is 26.8 Å². The minimum absolute atomic E-state index is 0.0750. The zero-order valence-corrected chi connectivity index (χ0v) is 21.8. The van der Waals surface area contributed by atoms with Crippen molar-refractivity contribution < 1.29 is 30.6 Å². The Balaban J connectivity index is 1.82. The third-order valence-electron chi connectivity index (χ3n) is 6.14. The lowest BCUT2D eigenvalue weighted by atomic mass is 10.1. The van der Waals surface area contributed by atoms with Crippen molar-refractivity contribution in [3.8, 4) is 5.75 Å². The topological polar surface area (TPSA) is 75.7 Å². The summed E-state index contributed by atoms with van der Waals surface area (Å²) >= 11 is 0. The second kappa shape index (κ2) is 11.2. The number of hydrogen-bond acceptors (Lipinski definition) is 4. The predicted molar refractivity (Wildman–Crippen MR) is 136 cm³/mol. The number of rotatable bonds is 8. The van der Waals surface area contributed by atoms with Crippen LogP contribution in [0.4, 0.5) is 23.7 Å². The Morgan fingerprint density at radius 2 is 1.70 bits per heavy atom. The van der Waals surface area contributed by atoms with Crippen LogP contribution in [0.2, 0.25) is 0 Å². The molecule has 0 bridgehead atoms. The fraction of sp³-hybridized carbons (Fsp3) is 0.296. The number of nitrogens with zero attached hydrogens (tertiary/aromatic N) is 1. The van der Waals surface area contributed by atoms with Gasteiger partial charge in [0.15, 0.2) is 0 Å². The van der Waals surface area contributed by atoms with Gasteiger partial charge in [-0.05, 0) is 80.3 Å². The van der Waals surface area contributed by atoms with Crippen LogP contribution < -0.4 is 9.50 Å². The lowest BCUT2D eigenvalue weighted by Crippen LogP contribution is -2.40. The molecule has 0 aromatic heterocycles.